The van der Waals surface area contributed by atoms with E-state index in [1.54, 1.807) is 30.3 Å². The first kappa shape index (κ1) is 14.1. The SMILES string of the molecule is OC(c1ccccc1)c1cc(C(F)(F)F)ccc1Br. The summed E-state index contributed by atoms with van der Waals surface area (Å²) >= 11 is 3.17. The second-order valence-electron chi connectivity index (χ2n) is 4.05. The highest BCUT2D eigenvalue weighted by atomic mass is 79.9. The van der Waals surface area contributed by atoms with Crippen molar-refractivity contribution in [1.82, 2.24) is 0 Å². The highest BCUT2D eigenvalue weighted by molar-refractivity contribution is 9.10. The summed E-state index contributed by atoms with van der Waals surface area (Å²) in [6.07, 6.45) is -5.52. The Morgan fingerprint density at radius 1 is 1.00 bits per heavy atom. The molecule has 1 N–H and O–H groups in total. The molecule has 0 radical (unpaired) electrons. The van der Waals surface area contributed by atoms with E-state index in [2.05, 4.69) is 15.9 Å². The lowest BCUT2D eigenvalue weighted by atomic mass is 9.99. The summed E-state index contributed by atoms with van der Waals surface area (Å²) in [5, 5.41) is 10.2. The average molecular weight is 331 g/mol. The average Bonchev–Trinajstić information content (AvgIpc) is 2.38. The van der Waals surface area contributed by atoms with Gasteiger partial charge in [0.1, 0.15) is 6.10 Å². The number of hydrogen-bond acceptors (Lipinski definition) is 1. The molecule has 0 bridgehead atoms. The molecule has 0 aromatic heterocycles. The van der Waals surface area contributed by atoms with Crippen LogP contribution in [0.2, 0.25) is 0 Å². The van der Waals surface area contributed by atoms with Gasteiger partial charge in [0.25, 0.3) is 0 Å². The summed E-state index contributed by atoms with van der Waals surface area (Å²) in [6.45, 7) is 0. The maximum Gasteiger partial charge on any atom is 0.416 e. The van der Waals surface area contributed by atoms with Crippen LogP contribution in [0.5, 0.6) is 0 Å². The molecule has 0 heterocycles. The van der Waals surface area contributed by atoms with E-state index < -0.39 is 17.8 Å². The van der Waals surface area contributed by atoms with Crippen molar-refractivity contribution in [3.63, 3.8) is 0 Å². The van der Waals surface area contributed by atoms with Crippen LogP contribution in [0.15, 0.2) is 53.0 Å². The Morgan fingerprint density at radius 3 is 2.21 bits per heavy atom. The molecule has 2 aromatic rings. The number of aliphatic hydroxyl groups is 1. The Kier molecular flexibility index (Phi) is 3.96. The van der Waals surface area contributed by atoms with Gasteiger partial charge in [0.2, 0.25) is 0 Å². The molecule has 0 amide bonds. The van der Waals surface area contributed by atoms with Crippen LogP contribution in [0.1, 0.15) is 22.8 Å². The number of halogens is 4. The zero-order chi connectivity index (χ0) is 14.0. The molecule has 2 rings (SSSR count). The molecule has 0 fully saturated rings. The predicted octanol–water partition coefficient (Wildman–Crippen LogP) is 4.55. The van der Waals surface area contributed by atoms with Gasteiger partial charge in [-0.3, -0.25) is 0 Å². The van der Waals surface area contributed by atoms with Crippen LogP contribution in [0.3, 0.4) is 0 Å². The van der Waals surface area contributed by atoms with Crippen molar-refractivity contribution < 1.29 is 18.3 Å². The minimum Gasteiger partial charge on any atom is -0.384 e. The maximum atomic E-state index is 12.7. The zero-order valence-electron chi connectivity index (χ0n) is 9.66. The van der Waals surface area contributed by atoms with Gasteiger partial charge in [-0.05, 0) is 29.3 Å². The maximum absolute atomic E-state index is 12.7. The minimum atomic E-state index is -4.42. The quantitative estimate of drug-likeness (QED) is 0.856. The normalized spacial score (nSPS) is 13.3. The minimum absolute atomic E-state index is 0.195. The van der Waals surface area contributed by atoms with Crippen LogP contribution in [0.25, 0.3) is 0 Å². The van der Waals surface area contributed by atoms with Gasteiger partial charge < -0.3 is 5.11 Å². The number of hydrogen-bond donors (Lipinski definition) is 1. The Balaban J connectivity index is 2.45. The van der Waals surface area contributed by atoms with Crippen LogP contribution >= 0.6 is 15.9 Å². The second-order valence-corrected chi connectivity index (χ2v) is 4.90. The van der Waals surface area contributed by atoms with Crippen molar-refractivity contribution in [2.24, 2.45) is 0 Å². The molecule has 0 spiro atoms. The van der Waals surface area contributed by atoms with Gasteiger partial charge in [-0.1, -0.05) is 46.3 Å². The van der Waals surface area contributed by atoms with Crippen molar-refractivity contribution in [1.29, 1.82) is 0 Å². The van der Waals surface area contributed by atoms with E-state index in [1.807, 2.05) is 0 Å². The van der Waals surface area contributed by atoms with Crippen LogP contribution in [-0.2, 0) is 6.18 Å². The van der Waals surface area contributed by atoms with Crippen LogP contribution < -0.4 is 0 Å². The Morgan fingerprint density at radius 2 is 1.63 bits per heavy atom. The van der Waals surface area contributed by atoms with Gasteiger partial charge in [0.05, 0.1) is 5.56 Å². The van der Waals surface area contributed by atoms with E-state index in [1.165, 1.54) is 6.07 Å². The number of alkyl halides is 3. The third kappa shape index (κ3) is 3.16. The van der Waals surface area contributed by atoms with Gasteiger partial charge in [-0.2, -0.15) is 13.2 Å². The second kappa shape index (κ2) is 5.35. The van der Waals surface area contributed by atoms with Crippen LogP contribution in [-0.4, -0.2) is 5.11 Å². The number of aliphatic hydroxyl groups excluding tert-OH is 1. The molecule has 0 aliphatic rings. The van der Waals surface area contributed by atoms with Crippen LogP contribution in [0, 0.1) is 0 Å². The lowest BCUT2D eigenvalue weighted by Gasteiger charge is -2.16. The van der Waals surface area contributed by atoms with Crippen LogP contribution in [0.4, 0.5) is 13.2 Å². The number of rotatable bonds is 2. The summed E-state index contributed by atoms with van der Waals surface area (Å²) < 4.78 is 38.4. The highest BCUT2D eigenvalue weighted by Crippen LogP contribution is 2.35. The third-order valence-electron chi connectivity index (χ3n) is 2.73. The van der Waals surface area contributed by atoms with Gasteiger partial charge in [-0.15, -0.1) is 0 Å². The predicted molar refractivity (Wildman–Crippen MR) is 69.6 cm³/mol. The summed E-state index contributed by atoms with van der Waals surface area (Å²) in [4.78, 5) is 0. The summed E-state index contributed by atoms with van der Waals surface area (Å²) in [5.74, 6) is 0. The van der Waals surface area contributed by atoms with Crippen molar-refractivity contribution >= 4 is 15.9 Å². The molecule has 0 saturated carbocycles. The fourth-order valence-electron chi connectivity index (χ4n) is 1.74. The lowest BCUT2D eigenvalue weighted by Crippen LogP contribution is -2.08. The van der Waals surface area contributed by atoms with E-state index in [4.69, 9.17) is 0 Å². The van der Waals surface area contributed by atoms with Gasteiger partial charge in [0.15, 0.2) is 0 Å². The number of benzene rings is 2. The molecule has 5 heteroatoms. The first-order valence-electron chi connectivity index (χ1n) is 5.49. The molecular formula is C14H10BrF3O. The fourth-order valence-corrected chi connectivity index (χ4v) is 2.21. The van der Waals surface area contributed by atoms with Gasteiger partial charge in [-0.25, -0.2) is 0 Å². The van der Waals surface area contributed by atoms with Crippen molar-refractivity contribution in [2.45, 2.75) is 12.3 Å². The first-order valence-corrected chi connectivity index (χ1v) is 6.28. The molecule has 0 aliphatic heterocycles. The standard InChI is InChI=1S/C14H10BrF3O/c15-12-7-6-10(14(16,17)18)8-11(12)13(19)9-4-2-1-3-5-9/h1-8,13,19H. The highest BCUT2D eigenvalue weighted by Gasteiger charge is 2.31. The first-order chi connectivity index (χ1) is 8.89. The summed E-state index contributed by atoms with van der Waals surface area (Å²) in [5.41, 5.74) is -0.0377. The van der Waals surface area contributed by atoms with Gasteiger partial charge >= 0.3 is 6.18 Å². The lowest BCUT2D eigenvalue weighted by molar-refractivity contribution is -0.137. The van der Waals surface area contributed by atoms with Crippen molar-refractivity contribution in [2.75, 3.05) is 0 Å². The van der Waals surface area contributed by atoms with E-state index in [-0.39, 0.29) is 5.56 Å². The Labute approximate surface area is 116 Å². The molecule has 19 heavy (non-hydrogen) atoms. The third-order valence-corrected chi connectivity index (χ3v) is 3.46. The molecule has 100 valence electrons. The van der Waals surface area contributed by atoms with Crippen molar-refractivity contribution in [3.05, 3.63) is 69.7 Å². The van der Waals surface area contributed by atoms with E-state index in [9.17, 15) is 18.3 Å². The topological polar surface area (TPSA) is 20.2 Å². The largest absolute Gasteiger partial charge is 0.416 e. The van der Waals surface area contributed by atoms with E-state index >= 15 is 0 Å². The van der Waals surface area contributed by atoms with E-state index in [0.717, 1.165) is 12.1 Å². The monoisotopic (exact) mass is 330 g/mol. The molecule has 0 aliphatic carbocycles. The summed E-state index contributed by atoms with van der Waals surface area (Å²) in [6, 6.07) is 11.8. The zero-order valence-corrected chi connectivity index (χ0v) is 11.2. The Bertz CT molecular complexity index is 567. The molecule has 0 saturated heterocycles. The van der Waals surface area contributed by atoms with Crippen molar-refractivity contribution in [3.8, 4) is 0 Å². The summed E-state index contributed by atoms with van der Waals surface area (Å²) in [7, 11) is 0. The molecule has 1 nitrogen and oxygen atoms in total. The smallest absolute Gasteiger partial charge is 0.384 e. The fraction of sp³-hybridized carbons (Fsp3) is 0.143. The van der Waals surface area contributed by atoms with E-state index in [0.29, 0.717) is 10.0 Å². The molecule has 1 atom stereocenters. The molecular weight excluding hydrogens is 321 g/mol. The Hall–Kier alpha value is -1.33. The molecule has 1 unspecified atom stereocenters. The molecule has 2 aromatic carbocycles. The van der Waals surface area contributed by atoms with Gasteiger partial charge in [0, 0.05) is 4.47 Å².